The van der Waals surface area contributed by atoms with Crippen molar-refractivity contribution in [3.05, 3.63) is 70.8 Å². The predicted molar refractivity (Wildman–Crippen MR) is 129 cm³/mol. The van der Waals surface area contributed by atoms with Crippen molar-refractivity contribution in [1.29, 1.82) is 0 Å². The van der Waals surface area contributed by atoms with E-state index < -0.39 is 52.8 Å². The average molecular weight is 535 g/mol. The minimum atomic E-state index is -4.92. The summed E-state index contributed by atoms with van der Waals surface area (Å²) in [6, 6.07) is 10.1. The SMILES string of the molecule is Nc1ccc(Nc2cc(S(=O)(=O)O)c(N)c3c2C(=O)c2ccccc2C3=O)cc1S(=O)(=O)O.[Na].[Na]. The fraction of sp³-hybridized carbons (Fsp3) is 0. The molecule has 7 N–H and O–H groups in total. The Morgan fingerprint density at radius 2 is 1.23 bits per heavy atom. The Labute approximate surface area is 244 Å². The summed E-state index contributed by atoms with van der Waals surface area (Å²) in [5.41, 5.74) is 9.69. The predicted octanol–water partition coefficient (Wildman–Crippen LogP) is 1.10. The van der Waals surface area contributed by atoms with Gasteiger partial charge in [-0.25, -0.2) is 0 Å². The quantitative estimate of drug-likeness (QED) is 0.142. The van der Waals surface area contributed by atoms with Gasteiger partial charge in [0.1, 0.15) is 9.79 Å². The third-order valence-electron chi connectivity index (χ3n) is 5.05. The molecule has 172 valence electrons. The maximum Gasteiger partial charge on any atom is 0.296 e. The van der Waals surface area contributed by atoms with Gasteiger partial charge in [-0.2, -0.15) is 16.8 Å². The Bertz CT molecular complexity index is 1610. The molecule has 15 heteroatoms. The van der Waals surface area contributed by atoms with Crippen LogP contribution in [-0.2, 0) is 20.2 Å². The third-order valence-corrected chi connectivity index (χ3v) is 6.85. The second kappa shape index (κ2) is 10.3. The topological polar surface area (TPSA) is 207 Å². The molecule has 0 bridgehead atoms. The number of nitrogens with two attached hydrogens (primary N) is 2. The molecule has 0 amide bonds. The first-order valence-corrected chi connectivity index (χ1v) is 11.9. The molecule has 11 nitrogen and oxygen atoms in total. The van der Waals surface area contributed by atoms with E-state index in [4.69, 9.17) is 11.5 Å². The first kappa shape index (κ1) is 29.5. The number of hydrogen-bond acceptors (Lipinski definition) is 9. The van der Waals surface area contributed by atoms with Crippen LogP contribution in [0.15, 0.2) is 58.3 Å². The molecule has 0 aliphatic heterocycles. The van der Waals surface area contributed by atoms with Crippen molar-refractivity contribution in [2.75, 3.05) is 16.8 Å². The van der Waals surface area contributed by atoms with Gasteiger partial charge < -0.3 is 16.8 Å². The first-order valence-electron chi connectivity index (χ1n) is 9.07. The Morgan fingerprint density at radius 3 is 1.74 bits per heavy atom. The van der Waals surface area contributed by atoms with Crippen LogP contribution in [0, 0.1) is 0 Å². The fourth-order valence-corrected chi connectivity index (χ4v) is 4.89. The van der Waals surface area contributed by atoms with Gasteiger partial charge in [-0.15, -0.1) is 0 Å². The van der Waals surface area contributed by atoms with Crippen molar-refractivity contribution >= 4 is 114 Å². The Hall–Kier alpha value is -1.78. The van der Waals surface area contributed by atoms with Crippen LogP contribution >= 0.6 is 0 Å². The van der Waals surface area contributed by atoms with E-state index in [1.807, 2.05) is 0 Å². The van der Waals surface area contributed by atoms with Crippen LogP contribution in [0.25, 0.3) is 0 Å². The summed E-state index contributed by atoms with van der Waals surface area (Å²) >= 11 is 0. The number of nitrogens with one attached hydrogen (secondary N) is 1. The fourth-order valence-electron chi connectivity index (χ4n) is 3.60. The van der Waals surface area contributed by atoms with Crippen LogP contribution in [0.3, 0.4) is 0 Å². The Morgan fingerprint density at radius 1 is 0.714 bits per heavy atom. The number of fused-ring (bicyclic) bond motifs is 2. The largest absolute Gasteiger partial charge is 0.398 e. The zero-order valence-electron chi connectivity index (χ0n) is 18.4. The van der Waals surface area contributed by atoms with Crippen molar-refractivity contribution in [3.8, 4) is 0 Å². The van der Waals surface area contributed by atoms with Crippen LogP contribution in [0.2, 0.25) is 0 Å². The van der Waals surface area contributed by atoms with Crippen LogP contribution < -0.4 is 16.8 Å². The Balaban J connectivity index is 0.00000216. The summed E-state index contributed by atoms with van der Waals surface area (Å²) in [5.74, 6) is -1.39. The molecule has 4 rings (SSSR count). The molecular weight excluding hydrogens is 520 g/mol. The van der Waals surface area contributed by atoms with E-state index >= 15 is 0 Å². The van der Waals surface area contributed by atoms with Gasteiger partial charge in [0.15, 0.2) is 11.6 Å². The summed E-state index contributed by atoms with van der Waals surface area (Å²) in [6.45, 7) is 0. The maximum absolute atomic E-state index is 13.2. The number of carbonyl (C=O) groups is 2. The molecule has 0 saturated carbocycles. The van der Waals surface area contributed by atoms with E-state index in [0.29, 0.717) is 0 Å². The molecule has 2 radical (unpaired) electrons. The average Bonchev–Trinajstić information content (AvgIpc) is 2.72. The van der Waals surface area contributed by atoms with Gasteiger partial charge in [-0.3, -0.25) is 18.7 Å². The minimum Gasteiger partial charge on any atom is -0.398 e. The molecule has 0 spiro atoms. The minimum absolute atomic E-state index is 0. The second-order valence-electron chi connectivity index (χ2n) is 7.12. The molecular formula is C20H15N3Na2O8S2. The van der Waals surface area contributed by atoms with E-state index in [1.165, 1.54) is 30.3 Å². The molecule has 0 fully saturated rings. The van der Waals surface area contributed by atoms with Crippen molar-refractivity contribution in [3.63, 3.8) is 0 Å². The summed E-state index contributed by atoms with van der Waals surface area (Å²) in [6.07, 6.45) is 0. The number of anilines is 4. The van der Waals surface area contributed by atoms with E-state index in [-0.39, 0.29) is 92.9 Å². The number of rotatable bonds is 4. The van der Waals surface area contributed by atoms with Gasteiger partial charge in [0.25, 0.3) is 20.2 Å². The monoisotopic (exact) mass is 535 g/mol. The van der Waals surface area contributed by atoms with Crippen molar-refractivity contribution in [1.82, 2.24) is 0 Å². The Kier molecular flexibility index (Phi) is 8.67. The number of carbonyl (C=O) groups excluding carboxylic acids is 2. The molecule has 3 aromatic rings. The van der Waals surface area contributed by atoms with E-state index in [9.17, 15) is 35.5 Å². The first-order chi connectivity index (χ1) is 15.3. The van der Waals surface area contributed by atoms with Gasteiger partial charge in [-0.05, 0) is 24.3 Å². The van der Waals surface area contributed by atoms with Gasteiger partial charge in [0.05, 0.1) is 28.2 Å². The number of ketones is 2. The number of nitrogen functional groups attached to an aromatic ring is 2. The molecule has 0 heterocycles. The van der Waals surface area contributed by atoms with Gasteiger partial charge in [-0.1, -0.05) is 24.3 Å². The summed E-state index contributed by atoms with van der Waals surface area (Å²) in [7, 11) is -9.63. The molecule has 35 heavy (non-hydrogen) atoms. The zero-order chi connectivity index (χ0) is 24.3. The van der Waals surface area contributed by atoms with Crippen molar-refractivity contribution in [2.24, 2.45) is 0 Å². The molecule has 0 unspecified atom stereocenters. The molecule has 0 aromatic heterocycles. The van der Waals surface area contributed by atoms with E-state index in [2.05, 4.69) is 5.32 Å². The molecule has 3 aromatic carbocycles. The van der Waals surface area contributed by atoms with Gasteiger partial charge in [0.2, 0.25) is 0 Å². The second-order valence-corrected chi connectivity index (χ2v) is 9.90. The van der Waals surface area contributed by atoms with Crippen LogP contribution in [-0.4, -0.2) is 96.6 Å². The molecule has 0 saturated heterocycles. The third kappa shape index (κ3) is 5.34. The van der Waals surface area contributed by atoms with E-state index in [0.717, 1.165) is 18.2 Å². The van der Waals surface area contributed by atoms with E-state index in [1.54, 1.807) is 0 Å². The van der Waals surface area contributed by atoms with Crippen LogP contribution in [0.4, 0.5) is 22.7 Å². The zero-order valence-corrected chi connectivity index (χ0v) is 24.1. The molecule has 1 aliphatic carbocycles. The van der Waals surface area contributed by atoms with Crippen molar-refractivity contribution < 1.29 is 35.5 Å². The van der Waals surface area contributed by atoms with Crippen molar-refractivity contribution in [2.45, 2.75) is 9.79 Å². The summed E-state index contributed by atoms with van der Waals surface area (Å²) in [5, 5.41) is 2.66. The van der Waals surface area contributed by atoms with Gasteiger partial charge in [0, 0.05) is 75.9 Å². The van der Waals surface area contributed by atoms with Crippen LogP contribution in [0.1, 0.15) is 31.8 Å². The maximum atomic E-state index is 13.2. The van der Waals surface area contributed by atoms with Crippen LogP contribution in [0.5, 0.6) is 0 Å². The molecule has 0 atom stereocenters. The number of benzene rings is 3. The molecule has 1 aliphatic rings. The summed E-state index contributed by atoms with van der Waals surface area (Å²) in [4.78, 5) is 24.9. The number of hydrogen-bond donors (Lipinski definition) is 5. The van der Waals surface area contributed by atoms with Gasteiger partial charge >= 0.3 is 0 Å². The smallest absolute Gasteiger partial charge is 0.296 e. The normalized spacial score (nSPS) is 12.6. The standard InChI is InChI=1S/C20H15N3O8S2.2Na/c21-12-6-5-9(7-14(12)32(26,27)28)23-13-8-15(33(29,30)31)18(22)17-16(13)19(24)10-3-1-2-4-11(10)20(17)25;;/h1-8,23H,21-22H2,(H,26,27,28)(H,29,30,31);;. The summed E-state index contributed by atoms with van der Waals surface area (Å²) < 4.78 is 66.0.